The van der Waals surface area contributed by atoms with Crippen molar-refractivity contribution in [3.05, 3.63) is 29.3 Å². The molecule has 0 aromatic heterocycles. The van der Waals surface area contributed by atoms with Gasteiger partial charge in [0.25, 0.3) is 0 Å². The zero-order chi connectivity index (χ0) is 16.7. The van der Waals surface area contributed by atoms with Crippen molar-refractivity contribution in [2.45, 2.75) is 31.1 Å². The molecule has 1 fully saturated rings. The van der Waals surface area contributed by atoms with E-state index in [0.29, 0.717) is 23.9 Å². The number of hydrogen-bond donors (Lipinski definition) is 1. The highest BCUT2D eigenvalue weighted by atomic mass is 35.5. The second-order valence-corrected chi connectivity index (χ2v) is 7.09. The van der Waals surface area contributed by atoms with Crippen LogP contribution in [0.4, 0.5) is 0 Å². The molecule has 1 aliphatic rings. The lowest BCUT2D eigenvalue weighted by atomic mass is 9.96. The topological polar surface area (TPSA) is 49.4 Å². The van der Waals surface area contributed by atoms with Crippen LogP contribution in [0.5, 0.6) is 0 Å². The molecule has 2 rings (SSSR count). The fourth-order valence-electron chi connectivity index (χ4n) is 2.58. The van der Waals surface area contributed by atoms with Gasteiger partial charge in [0.15, 0.2) is 0 Å². The van der Waals surface area contributed by atoms with Crippen LogP contribution in [0.1, 0.15) is 26.2 Å². The molecule has 0 spiro atoms. The Morgan fingerprint density at radius 3 is 2.65 bits per heavy atom. The van der Waals surface area contributed by atoms with E-state index < -0.39 is 0 Å². The average Bonchev–Trinajstić information content (AvgIpc) is 2.59. The lowest BCUT2D eigenvalue weighted by molar-refractivity contribution is -0.133. The van der Waals surface area contributed by atoms with Gasteiger partial charge in [-0.15, -0.1) is 11.8 Å². The van der Waals surface area contributed by atoms with Gasteiger partial charge in [-0.3, -0.25) is 9.59 Å². The third kappa shape index (κ3) is 5.43. The van der Waals surface area contributed by atoms with Crippen LogP contribution in [0, 0.1) is 5.92 Å². The number of likely N-dealkylation sites (tertiary alicyclic amines) is 1. The van der Waals surface area contributed by atoms with Gasteiger partial charge >= 0.3 is 0 Å². The summed E-state index contributed by atoms with van der Waals surface area (Å²) in [6.45, 7) is 4.09. The first kappa shape index (κ1) is 18.1. The number of carbonyl (C=O) groups excluding carboxylic acids is 2. The summed E-state index contributed by atoms with van der Waals surface area (Å²) >= 11 is 7.56. The monoisotopic (exact) mass is 354 g/mol. The van der Waals surface area contributed by atoms with Crippen LogP contribution in [-0.2, 0) is 9.59 Å². The zero-order valence-electron chi connectivity index (χ0n) is 13.4. The number of hydrogen-bond acceptors (Lipinski definition) is 3. The van der Waals surface area contributed by atoms with Gasteiger partial charge in [-0.05, 0) is 31.4 Å². The molecule has 1 aromatic rings. The number of benzene rings is 1. The lowest BCUT2D eigenvalue weighted by Gasteiger charge is -2.31. The summed E-state index contributed by atoms with van der Waals surface area (Å²) in [5.41, 5.74) is 0. The molecule has 1 N–H and O–H groups in total. The molecule has 1 heterocycles. The molecule has 0 radical (unpaired) electrons. The predicted molar refractivity (Wildman–Crippen MR) is 94.8 cm³/mol. The van der Waals surface area contributed by atoms with E-state index in [4.69, 9.17) is 11.6 Å². The maximum Gasteiger partial charge on any atom is 0.232 e. The molecule has 4 nitrogen and oxygen atoms in total. The van der Waals surface area contributed by atoms with Crippen LogP contribution in [0.15, 0.2) is 29.2 Å². The Hall–Kier alpha value is -1.20. The van der Waals surface area contributed by atoms with E-state index in [-0.39, 0.29) is 17.7 Å². The van der Waals surface area contributed by atoms with Gasteiger partial charge in [0.1, 0.15) is 0 Å². The summed E-state index contributed by atoms with van der Waals surface area (Å²) in [6, 6.07) is 7.54. The predicted octanol–water partition coefficient (Wildman–Crippen LogP) is 3.20. The first-order chi connectivity index (χ1) is 11.1. The Morgan fingerprint density at radius 2 is 2.00 bits per heavy atom. The molecule has 2 amide bonds. The third-order valence-corrected chi connectivity index (χ3v) is 5.46. The van der Waals surface area contributed by atoms with Crippen LogP contribution >= 0.6 is 23.4 Å². The average molecular weight is 355 g/mol. The lowest BCUT2D eigenvalue weighted by Crippen LogP contribution is -2.43. The quantitative estimate of drug-likeness (QED) is 0.798. The number of rotatable bonds is 6. The first-order valence-electron chi connectivity index (χ1n) is 8.04. The molecule has 1 saturated heterocycles. The molecule has 0 bridgehead atoms. The van der Waals surface area contributed by atoms with E-state index in [1.807, 2.05) is 36.1 Å². The third-order valence-electron chi connectivity index (χ3n) is 3.96. The van der Waals surface area contributed by atoms with Crippen LogP contribution in [0.2, 0.25) is 5.02 Å². The highest BCUT2D eigenvalue weighted by Crippen LogP contribution is 2.27. The minimum absolute atomic E-state index is 0.0434. The van der Waals surface area contributed by atoms with Crippen LogP contribution < -0.4 is 5.32 Å². The minimum Gasteiger partial charge on any atom is -0.356 e. The van der Waals surface area contributed by atoms with Crippen molar-refractivity contribution in [2.24, 2.45) is 5.92 Å². The van der Waals surface area contributed by atoms with Crippen molar-refractivity contribution in [3.8, 4) is 0 Å². The van der Waals surface area contributed by atoms with Gasteiger partial charge in [-0.2, -0.15) is 0 Å². The van der Waals surface area contributed by atoms with Crippen molar-refractivity contribution >= 4 is 35.2 Å². The summed E-state index contributed by atoms with van der Waals surface area (Å²) in [5.74, 6) is 0.671. The van der Waals surface area contributed by atoms with E-state index in [0.717, 1.165) is 30.7 Å². The second kappa shape index (κ2) is 9.18. The normalized spacial score (nSPS) is 15.5. The van der Waals surface area contributed by atoms with E-state index >= 15 is 0 Å². The standard InChI is InChI=1S/C17H23ClN2O2S/c1-2-9-19-17(22)13-7-10-20(11-8-13)16(21)12-23-15-6-4-3-5-14(15)18/h3-6,13H,2,7-12H2,1H3,(H,19,22). The molecular weight excluding hydrogens is 332 g/mol. The van der Waals surface area contributed by atoms with Gasteiger partial charge in [0, 0.05) is 30.4 Å². The molecule has 0 aliphatic carbocycles. The van der Waals surface area contributed by atoms with E-state index in [9.17, 15) is 9.59 Å². The van der Waals surface area contributed by atoms with Gasteiger partial charge in [0.05, 0.1) is 10.8 Å². The number of amides is 2. The molecule has 0 atom stereocenters. The molecule has 6 heteroatoms. The Labute approximate surface area is 146 Å². The summed E-state index contributed by atoms with van der Waals surface area (Å²) in [4.78, 5) is 27.0. The van der Waals surface area contributed by atoms with Crippen molar-refractivity contribution < 1.29 is 9.59 Å². The number of piperidine rings is 1. The maximum absolute atomic E-state index is 12.3. The van der Waals surface area contributed by atoms with Gasteiger partial charge in [0.2, 0.25) is 11.8 Å². The smallest absolute Gasteiger partial charge is 0.232 e. The number of nitrogens with one attached hydrogen (secondary N) is 1. The van der Waals surface area contributed by atoms with Crippen molar-refractivity contribution in [3.63, 3.8) is 0 Å². The van der Waals surface area contributed by atoms with E-state index in [2.05, 4.69) is 5.32 Å². The van der Waals surface area contributed by atoms with E-state index in [1.54, 1.807) is 0 Å². The molecule has 0 unspecified atom stereocenters. The second-order valence-electron chi connectivity index (χ2n) is 5.67. The largest absolute Gasteiger partial charge is 0.356 e. The first-order valence-corrected chi connectivity index (χ1v) is 9.41. The molecule has 23 heavy (non-hydrogen) atoms. The molecular formula is C17H23ClN2O2S. The number of halogens is 1. The maximum atomic E-state index is 12.3. The SMILES string of the molecule is CCCNC(=O)C1CCN(C(=O)CSc2ccccc2Cl)CC1. The van der Waals surface area contributed by atoms with Gasteiger partial charge in [-0.25, -0.2) is 0 Å². The Bertz CT molecular complexity index is 545. The van der Waals surface area contributed by atoms with Crippen LogP contribution in [-0.4, -0.2) is 42.1 Å². The Balaban J connectivity index is 1.75. The molecule has 1 aromatic carbocycles. The number of nitrogens with zero attached hydrogens (tertiary/aromatic N) is 1. The molecule has 126 valence electrons. The zero-order valence-corrected chi connectivity index (χ0v) is 15.0. The summed E-state index contributed by atoms with van der Waals surface area (Å²) in [5, 5.41) is 3.62. The number of thioether (sulfide) groups is 1. The summed E-state index contributed by atoms with van der Waals surface area (Å²) in [6.07, 6.45) is 2.44. The fraction of sp³-hybridized carbons (Fsp3) is 0.529. The highest BCUT2D eigenvalue weighted by molar-refractivity contribution is 8.00. The summed E-state index contributed by atoms with van der Waals surface area (Å²) < 4.78 is 0. The van der Waals surface area contributed by atoms with Crippen molar-refractivity contribution in [1.82, 2.24) is 10.2 Å². The van der Waals surface area contributed by atoms with Gasteiger partial charge < -0.3 is 10.2 Å². The molecule has 1 aliphatic heterocycles. The minimum atomic E-state index is 0.0434. The van der Waals surface area contributed by atoms with Crippen molar-refractivity contribution in [2.75, 3.05) is 25.4 Å². The Kier molecular flexibility index (Phi) is 7.24. The molecule has 0 saturated carbocycles. The van der Waals surface area contributed by atoms with Crippen LogP contribution in [0.3, 0.4) is 0 Å². The van der Waals surface area contributed by atoms with E-state index in [1.165, 1.54) is 11.8 Å². The van der Waals surface area contributed by atoms with Gasteiger partial charge in [-0.1, -0.05) is 30.7 Å². The Morgan fingerprint density at radius 1 is 1.30 bits per heavy atom. The summed E-state index contributed by atoms with van der Waals surface area (Å²) in [7, 11) is 0. The van der Waals surface area contributed by atoms with Crippen LogP contribution in [0.25, 0.3) is 0 Å². The fourth-order valence-corrected chi connectivity index (χ4v) is 3.72. The number of carbonyl (C=O) groups is 2. The van der Waals surface area contributed by atoms with Crippen molar-refractivity contribution in [1.29, 1.82) is 0 Å². The highest BCUT2D eigenvalue weighted by Gasteiger charge is 2.26.